The lowest BCUT2D eigenvalue weighted by Crippen LogP contribution is -1.99. The van der Waals surface area contributed by atoms with Crippen LogP contribution in [-0.4, -0.2) is 20.5 Å². The second-order valence-corrected chi connectivity index (χ2v) is 4.11. The molecular formula is C14H13N3O3. The van der Waals surface area contributed by atoms with Crippen LogP contribution in [0.4, 0.5) is 5.69 Å². The first-order chi connectivity index (χ1) is 9.60. The number of ketones is 1. The summed E-state index contributed by atoms with van der Waals surface area (Å²) in [4.78, 5) is 22.0. The van der Waals surface area contributed by atoms with Crippen molar-refractivity contribution >= 4 is 17.5 Å². The van der Waals surface area contributed by atoms with E-state index >= 15 is 0 Å². The summed E-state index contributed by atoms with van der Waals surface area (Å²) in [5, 5.41) is 14.7. The Morgan fingerprint density at radius 3 is 2.90 bits per heavy atom. The van der Waals surface area contributed by atoms with E-state index in [-0.39, 0.29) is 11.5 Å². The van der Waals surface area contributed by atoms with Gasteiger partial charge in [-0.15, -0.1) is 0 Å². The van der Waals surface area contributed by atoms with E-state index < -0.39 is 4.92 Å². The normalized spacial score (nSPS) is 10.8. The molecule has 0 spiro atoms. The zero-order valence-electron chi connectivity index (χ0n) is 10.9. The summed E-state index contributed by atoms with van der Waals surface area (Å²) in [7, 11) is 0. The number of carbonyl (C=O) groups excluding carboxylic acids is 1. The molecule has 0 saturated heterocycles. The minimum atomic E-state index is -0.470. The Kier molecular flexibility index (Phi) is 4.05. The van der Waals surface area contributed by atoms with E-state index in [0.29, 0.717) is 17.8 Å². The van der Waals surface area contributed by atoms with Gasteiger partial charge in [0.25, 0.3) is 5.69 Å². The summed E-state index contributed by atoms with van der Waals surface area (Å²) in [6.45, 7) is 2.63. The van der Waals surface area contributed by atoms with Gasteiger partial charge in [-0.1, -0.05) is 18.2 Å². The molecule has 1 aromatic heterocycles. The first kappa shape index (κ1) is 13.7. The van der Waals surface area contributed by atoms with E-state index in [1.807, 2.05) is 6.92 Å². The second-order valence-electron chi connectivity index (χ2n) is 4.11. The Bertz CT molecular complexity index is 674. The van der Waals surface area contributed by atoms with Crippen molar-refractivity contribution in [3.63, 3.8) is 0 Å². The molecule has 0 N–H and O–H groups in total. The van der Waals surface area contributed by atoms with Gasteiger partial charge >= 0.3 is 0 Å². The molecule has 2 rings (SSSR count). The predicted molar refractivity (Wildman–Crippen MR) is 74.4 cm³/mol. The standard InChI is InChI=1S/C14H13N3O3/c1-2-16-9-8-13(15-16)14(18)7-6-11-4-3-5-12(10-11)17(19)20/h3-10H,2H2,1H3/b7-6+. The van der Waals surface area contributed by atoms with Crippen LogP contribution in [0.25, 0.3) is 6.08 Å². The summed E-state index contributed by atoms with van der Waals surface area (Å²) in [5.41, 5.74) is 0.950. The Balaban J connectivity index is 2.14. The van der Waals surface area contributed by atoms with Crippen molar-refractivity contribution in [1.82, 2.24) is 9.78 Å². The number of hydrogen-bond donors (Lipinski definition) is 0. The molecule has 0 aliphatic carbocycles. The molecule has 6 nitrogen and oxygen atoms in total. The van der Waals surface area contributed by atoms with Crippen LogP contribution in [0.2, 0.25) is 0 Å². The Morgan fingerprint density at radius 1 is 1.45 bits per heavy atom. The number of nitro benzene ring substituents is 1. The molecule has 1 heterocycles. The fourth-order valence-corrected chi connectivity index (χ4v) is 1.67. The highest BCUT2D eigenvalue weighted by atomic mass is 16.6. The Hall–Kier alpha value is -2.76. The van der Waals surface area contributed by atoms with Gasteiger partial charge in [0.2, 0.25) is 5.78 Å². The van der Waals surface area contributed by atoms with Crippen LogP contribution < -0.4 is 0 Å². The van der Waals surface area contributed by atoms with Crippen LogP contribution in [0, 0.1) is 10.1 Å². The summed E-state index contributed by atoms with van der Waals surface area (Å²) >= 11 is 0. The van der Waals surface area contributed by atoms with Crippen molar-refractivity contribution in [1.29, 1.82) is 0 Å². The topological polar surface area (TPSA) is 78.0 Å². The highest BCUT2D eigenvalue weighted by Crippen LogP contribution is 2.14. The van der Waals surface area contributed by atoms with Gasteiger partial charge in [-0.3, -0.25) is 19.6 Å². The minimum Gasteiger partial charge on any atom is -0.287 e. The summed E-state index contributed by atoms with van der Waals surface area (Å²) in [6, 6.07) is 7.73. The van der Waals surface area contributed by atoms with Gasteiger partial charge in [-0.25, -0.2) is 0 Å². The van der Waals surface area contributed by atoms with Gasteiger partial charge < -0.3 is 0 Å². The monoisotopic (exact) mass is 271 g/mol. The van der Waals surface area contributed by atoms with Crippen LogP contribution in [-0.2, 0) is 6.54 Å². The third kappa shape index (κ3) is 3.17. The molecule has 0 aliphatic rings. The van der Waals surface area contributed by atoms with Crippen LogP contribution in [0.3, 0.4) is 0 Å². The number of nitrogens with zero attached hydrogens (tertiary/aromatic N) is 3. The van der Waals surface area contributed by atoms with E-state index in [1.54, 1.807) is 35.2 Å². The van der Waals surface area contributed by atoms with Crippen LogP contribution in [0.15, 0.2) is 42.6 Å². The average molecular weight is 271 g/mol. The predicted octanol–water partition coefficient (Wildman–Crippen LogP) is 2.71. The Morgan fingerprint density at radius 2 is 2.25 bits per heavy atom. The van der Waals surface area contributed by atoms with Crippen molar-refractivity contribution in [2.75, 3.05) is 0 Å². The summed E-state index contributed by atoms with van der Waals surface area (Å²) in [6.07, 6.45) is 4.64. The highest BCUT2D eigenvalue weighted by Gasteiger charge is 2.07. The number of nitro groups is 1. The number of allylic oxidation sites excluding steroid dienone is 1. The molecule has 6 heteroatoms. The SMILES string of the molecule is CCn1ccc(C(=O)/C=C/c2cccc([N+](=O)[O-])c2)n1. The summed E-state index contributed by atoms with van der Waals surface area (Å²) in [5.74, 6) is -0.233. The molecule has 0 radical (unpaired) electrons. The molecular weight excluding hydrogens is 258 g/mol. The number of aryl methyl sites for hydroxylation is 1. The lowest BCUT2D eigenvalue weighted by molar-refractivity contribution is -0.384. The zero-order valence-corrected chi connectivity index (χ0v) is 10.9. The molecule has 0 amide bonds. The maximum absolute atomic E-state index is 11.9. The van der Waals surface area contributed by atoms with Crippen molar-refractivity contribution in [2.24, 2.45) is 0 Å². The molecule has 0 atom stereocenters. The lowest BCUT2D eigenvalue weighted by Gasteiger charge is -1.94. The molecule has 2 aromatic rings. The lowest BCUT2D eigenvalue weighted by atomic mass is 10.1. The van der Waals surface area contributed by atoms with Gasteiger partial charge in [-0.2, -0.15) is 5.10 Å². The second kappa shape index (κ2) is 5.92. The number of non-ortho nitro benzene ring substituents is 1. The molecule has 20 heavy (non-hydrogen) atoms. The fourth-order valence-electron chi connectivity index (χ4n) is 1.67. The third-order valence-corrected chi connectivity index (χ3v) is 2.73. The van der Waals surface area contributed by atoms with E-state index in [9.17, 15) is 14.9 Å². The minimum absolute atomic E-state index is 0.00476. The molecule has 1 aromatic carbocycles. The maximum Gasteiger partial charge on any atom is 0.270 e. The van der Waals surface area contributed by atoms with E-state index in [0.717, 1.165) is 0 Å². The van der Waals surface area contributed by atoms with Crippen LogP contribution >= 0.6 is 0 Å². The third-order valence-electron chi connectivity index (χ3n) is 2.73. The first-order valence-electron chi connectivity index (χ1n) is 6.10. The summed E-state index contributed by atoms with van der Waals surface area (Å²) < 4.78 is 1.66. The number of carbonyl (C=O) groups is 1. The van der Waals surface area contributed by atoms with E-state index in [1.165, 1.54) is 18.2 Å². The number of rotatable bonds is 5. The van der Waals surface area contributed by atoms with Gasteiger partial charge in [0.05, 0.1) is 4.92 Å². The van der Waals surface area contributed by atoms with E-state index in [4.69, 9.17) is 0 Å². The molecule has 0 bridgehead atoms. The van der Waals surface area contributed by atoms with Crippen molar-refractivity contribution in [3.05, 3.63) is 64.0 Å². The van der Waals surface area contributed by atoms with Gasteiger partial charge in [0.1, 0.15) is 5.69 Å². The van der Waals surface area contributed by atoms with Gasteiger partial charge in [0.15, 0.2) is 0 Å². The molecule has 102 valence electrons. The Labute approximate surface area is 115 Å². The van der Waals surface area contributed by atoms with Crippen LogP contribution in [0.1, 0.15) is 23.0 Å². The van der Waals surface area contributed by atoms with E-state index in [2.05, 4.69) is 5.10 Å². The fraction of sp³-hybridized carbons (Fsp3) is 0.143. The molecule has 0 fully saturated rings. The first-order valence-corrected chi connectivity index (χ1v) is 6.10. The molecule has 0 saturated carbocycles. The highest BCUT2D eigenvalue weighted by molar-refractivity contribution is 6.05. The molecule has 0 aliphatic heterocycles. The number of hydrogen-bond acceptors (Lipinski definition) is 4. The number of aromatic nitrogens is 2. The van der Waals surface area contributed by atoms with Gasteiger partial charge in [-0.05, 0) is 24.6 Å². The average Bonchev–Trinajstić information content (AvgIpc) is 2.94. The number of benzene rings is 1. The molecule has 0 unspecified atom stereocenters. The quantitative estimate of drug-likeness (QED) is 0.362. The van der Waals surface area contributed by atoms with Crippen molar-refractivity contribution in [2.45, 2.75) is 13.5 Å². The van der Waals surface area contributed by atoms with Gasteiger partial charge in [0, 0.05) is 24.9 Å². The smallest absolute Gasteiger partial charge is 0.270 e. The maximum atomic E-state index is 11.9. The zero-order chi connectivity index (χ0) is 14.5. The van der Waals surface area contributed by atoms with Crippen molar-refractivity contribution in [3.8, 4) is 0 Å². The largest absolute Gasteiger partial charge is 0.287 e. The van der Waals surface area contributed by atoms with Crippen molar-refractivity contribution < 1.29 is 9.72 Å². The van der Waals surface area contributed by atoms with Crippen LogP contribution in [0.5, 0.6) is 0 Å².